The first-order valence-corrected chi connectivity index (χ1v) is 14.9. The third kappa shape index (κ3) is 7.57. The Morgan fingerprint density at radius 1 is 1.00 bits per heavy atom. The summed E-state index contributed by atoms with van der Waals surface area (Å²) in [4.78, 5) is 34.0. The van der Waals surface area contributed by atoms with Crippen molar-refractivity contribution in [3.63, 3.8) is 0 Å². The van der Waals surface area contributed by atoms with Gasteiger partial charge in [-0.2, -0.15) is 0 Å². The minimum absolute atomic E-state index is 0.00593. The van der Waals surface area contributed by atoms with E-state index in [2.05, 4.69) is 20.6 Å². The zero-order valence-electron chi connectivity index (χ0n) is 23.3. The van der Waals surface area contributed by atoms with Crippen molar-refractivity contribution in [3.8, 4) is 22.8 Å². The number of aliphatic hydroxyl groups is 1. The maximum absolute atomic E-state index is 14.2. The summed E-state index contributed by atoms with van der Waals surface area (Å²) in [6.45, 7) is 2.02. The highest BCUT2D eigenvalue weighted by Crippen LogP contribution is 2.29. The van der Waals surface area contributed by atoms with E-state index in [9.17, 15) is 14.0 Å². The molecule has 1 aliphatic rings. The quantitative estimate of drug-likeness (QED) is 0.215. The van der Waals surface area contributed by atoms with Crippen molar-refractivity contribution in [3.05, 3.63) is 93.8 Å². The molecular weight excluding hydrogens is 555 g/mol. The van der Waals surface area contributed by atoms with Crippen molar-refractivity contribution in [2.75, 3.05) is 6.61 Å². The molecule has 1 aliphatic carbocycles. The average Bonchev–Trinajstić information content (AvgIpc) is 3.45. The van der Waals surface area contributed by atoms with Gasteiger partial charge in [0.2, 0.25) is 5.88 Å². The standard InChI is InChI=1S/C32H33FN4O4S/c1-20-35-29(19-42-20)31(40)37-26-13-11-25(12-14-26)36-30(39)28-17-24(33)18-34-32(28)41-27-6-2-5-23(16-27)22-9-7-21(8-10-22)4-3-15-38/h2,5-10,16-19,25-26,38H,3-4,11-15H2,1H3,(H,36,39)(H,37,40). The van der Waals surface area contributed by atoms with Crippen LogP contribution in [0.25, 0.3) is 11.1 Å². The topological polar surface area (TPSA) is 113 Å². The van der Waals surface area contributed by atoms with Gasteiger partial charge in [-0.3, -0.25) is 9.59 Å². The monoisotopic (exact) mass is 588 g/mol. The van der Waals surface area contributed by atoms with E-state index in [0.29, 0.717) is 37.1 Å². The molecule has 0 atom stereocenters. The Kier molecular flexibility index (Phi) is 9.55. The molecule has 0 saturated heterocycles. The maximum atomic E-state index is 14.2. The molecule has 2 aromatic carbocycles. The molecule has 2 heterocycles. The third-order valence-electron chi connectivity index (χ3n) is 7.27. The molecule has 5 rings (SSSR count). The number of rotatable bonds is 10. The maximum Gasteiger partial charge on any atom is 0.270 e. The van der Waals surface area contributed by atoms with Crippen LogP contribution in [0.3, 0.4) is 0 Å². The Morgan fingerprint density at radius 2 is 1.71 bits per heavy atom. The van der Waals surface area contributed by atoms with Crippen molar-refractivity contribution in [1.82, 2.24) is 20.6 Å². The number of carbonyl (C=O) groups excluding carboxylic acids is 2. The van der Waals surface area contributed by atoms with Crippen LogP contribution in [0.2, 0.25) is 0 Å². The first-order valence-electron chi connectivity index (χ1n) is 14.1. The number of aryl methyl sites for hydroxylation is 2. The van der Waals surface area contributed by atoms with Crippen molar-refractivity contribution in [2.24, 2.45) is 0 Å². The Balaban J connectivity index is 1.21. The van der Waals surface area contributed by atoms with Crippen LogP contribution in [0.1, 0.15) is 63.5 Å². The molecule has 0 spiro atoms. The van der Waals surface area contributed by atoms with Gasteiger partial charge in [-0.05, 0) is 80.3 Å². The first-order chi connectivity index (χ1) is 20.4. The molecule has 1 saturated carbocycles. The zero-order valence-corrected chi connectivity index (χ0v) is 24.1. The van der Waals surface area contributed by atoms with Crippen LogP contribution in [-0.4, -0.2) is 45.6 Å². The first kappa shape index (κ1) is 29.3. The van der Waals surface area contributed by atoms with E-state index < -0.39 is 11.7 Å². The van der Waals surface area contributed by atoms with Crippen molar-refractivity contribution in [1.29, 1.82) is 0 Å². The number of carbonyl (C=O) groups is 2. The van der Waals surface area contributed by atoms with Gasteiger partial charge in [-0.25, -0.2) is 14.4 Å². The van der Waals surface area contributed by atoms with Gasteiger partial charge in [0.25, 0.3) is 11.8 Å². The van der Waals surface area contributed by atoms with Gasteiger partial charge in [-0.15, -0.1) is 11.3 Å². The second-order valence-electron chi connectivity index (χ2n) is 10.4. The van der Waals surface area contributed by atoms with Gasteiger partial charge in [0.15, 0.2) is 0 Å². The molecule has 218 valence electrons. The van der Waals surface area contributed by atoms with E-state index in [-0.39, 0.29) is 36.0 Å². The Hall–Kier alpha value is -4.15. The number of benzene rings is 2. The molecule has 2 aromatic heterocycles. The van der Waals surface area contributed by atoms with Crippen LogP contribution >= 0.6 is 11.3 Å². The summed E-state index contributed by atoms with van der Waals surface area (Å²) in [7, 11) is 0. The van der Waals surface area contributed by atoms with Crippen LogP contribution in [0.4, 0.5) is 4.39 Å². The van der Waals surface area contributed by atoms with Crippen LogP contribution in [-0.2, 0) is 6.42 Å². The lowest BCUT2D eigenvalue weighted by Gasteiger charge is -2.29. The summed E-state index contributed by atoms with van der Waals surface area (Å²) in [5.41, 5.74) is 3.50. The smallest absolute Gasteiger partial charge is 0.270 e. The van der Waals surface area contributed by atoms with Gasteiger partial charge in [-0.1, -0.05) is 36.4 Å². The van der Waals surface area contributed by atoms with Crippen LogP contribution in [0.15, 0.2) is 66.2 Å². The predicted octanol–water partition coefficient (Wildman–Crippen LogP) is 5.84. The molecule has 1 fully saturated rings. The molecular formula is C32H33FN4O4S. The third-order valence-corrected chi connectivity index (χ3v) is 8.04. The summed E-state index contributed by atoms with van der Waals surface area (Å²) in [5, 5.41) is 17.7. The highest BCUT2D eigenvalue weighted by Gasteiger charge is 2.26. The minimum atomic E-state index is -0.633. The number of hydrogen-bond acceptors (Lipinski definition) is 7. The van der Waals surface area contributed by atoms with Crippen molar-refractivity contribution >= 4 is 23.2 Å². The second kappa shape index (κ2) is 13.7. The molecule has 42 heavy (non-hydrogen) atoms. The lowest BCUT2D eigenvalue weighted by Crippen LogP contribution is -2.44. The SMILES string of the molecule is Cc1nc(C(=O)NC2CCC(NC(=O)c3cc(F)cnc3Oc3cccc(-c4ccc(CCCO)cc4)c3)CC2)cs1. The van der Waals surface area contributed by atoms with Crippen LogP contribution < -0.4 is 15.4 Å². The highest BCUT2D eigenvalue weighted by molar-refractivity contribution is 7.09. The molecule has 0 radical (unpaired) electrons. The average molecular weight is 589 g/mol. The largest absolute Gasteiger partial charge is 0.438 e. The Bertz CT molecular complexity index is 1530. The number of nitrogens with one attached hydrogen (secondary N) is 2. The van der Waals surface area contributed by atoms with Crippen molar-refractivity contribution < 1.29 is 23.8 Å². The summed E-state index contributed by atoms with van der Waals surface area (Å²) >= 11 is 1.44. The fourth-order valence-electron chi connectivity index (χ4n) is 5.04. The van der Waals surface area contributed by atoms with E-state index in [4.69, 9.17) is 9.84 Å². The number of nitrogens with zero attached hydrogens (tertiary/aromatic N) is 2. The molecule has 0 bridgehead atoms. The summed E-state index contributed by atoms with van der Waals surface area (Å²) in [6.07, 6.45) is 5.32. The lowest BCUT2D eigenvalue weighted by atomic mass is 9.91. The van der Waals surface area contributed by atoms with Crippen molar-refractivity contribution in [2.45, 2.75) is 57.5 Å². The number of hydrogen-bond donors (Lipinski definition) is 3. The van der Waals surface area contributed by atoms with Gasteiger partial charge in [0.05, 0.1) is 11.2 Å². The number of aliphatic hydroxyl groups excluding tert-OH is 1. The molecule has 8 nitrogen and oxygen atoms in total. The van der Waals surface area contributed by atoms with Gasteiger partial charge < -0.3 is 20.5 Å². The summed E-state index contributed by atoms with van der Waals surface area (Å²) in [6, 6.07) is 16.5. The molecule has 4 aromatic rings. The number of thiazole rings is 1. The summed E-state index contributed by atoms with van der Waals surface area (Å²) in [5.74, 6) is -0.789. The van der Waals surface area contributed by atoms with E-state index in [1.165, 1.54) is 11.3 Å². The van der Waals surface area contributed by atoms with Gasteiger partial charge in [0, 0.05) is 24.1 Å². The highest BCUT2D eigenvalue weighted by atomic mass is 32.1. The van der Waals surface area contributed by atoms with Gasteiger partial charge in [0.1, 0.15) is 22.8 Å². The zero-order chi connectivity index (χ0) is 29.5. The lowest BCUT2D eigenvalue weighted by molar-refractivity contribution is 0.0888. The molecule has 0 unspecified atom stereocenters. The number of pyridine rings is 1. The second-order valence-corrected chi connectivity index (χ2v) is 11.5. The normalized spacial score (nSPS) is 16.5. The molecule has 2 amide bonds. The number of aromatic nitrogens is 2. The fourth-order valence-corrected chi connectivity index (χ4v) is 5.63. The molecule has 10 heteroatoms. The predicted molar refractivity (Wildman–Crippen MR) is 159 cm³/mol. The van der Waals surface area contributed by atoms with E-state index in [0.717, 1.165) is 46.8 Å². The Labute approximate surface area is 248 Å². The van der Waals surface area contributed by atoms with E-state index in [1.807, 2.05) is 49.4 Å². The van der Waals surface area contributed by atoms with Crippen LogP contribution in [0, 0.1) is 12.7 Å². The Morgan fingerprint density at radius 3 is 2.38 bits per heavy atom. The molecule has 3 N–H and O–H groups in total. The number of amides is 2. The number of halogens is 1. The number of ether oxygens (including phenoxy) is 1. The van der Waals surface area contributed by atoms with E-state index in [1.54, 1.807) is 11.4 Å². The molecule has 0 aliphatic heterocycles. The summed E-state index contributed by atoms with van der Waals surface area (Å²) < 4.78 is 20.2. The van der Waals surface area contributed by atoms with Crippen LogP contribution in [0.5, 0.6) is 11.6 Å². The fraction of sp³-hybridized carbons (Fsp3) is 0.312. The minimum Gasteiger partial charge on any atom is -0.438 e. The van der Waals surface area contributed by atoms with E-state index >= 15 is 0 Å². The van der Waals surface area contributed by atoms with Gasteiger partial charge >= 0.3 is 0 Å².